The van der Waals surface area contributed by atoms with Crippen LogP contribution in [0.1, 0.15) is 11.1 Å². The fourth-order valence-electron chi connectivity index (χ4n) is 2.70. The number of hydrogen-bond acceptors (Lipinski definition) is 5. The zero-order valence-corrected chi connectivity index (χ0v) is 11.7. The Labute approximate surface area is 122 Å². The fourth-order valence-corrected chi connectivity index (χ4v) is 2.70. The van der Waals surface area contributed by atoms with Gasteiger partial charge in [0, 0.05) is 19.2 Å². The van der Waals surface area contributed by atoms with Crippen LogP contribution in [-0.2, 0) is 12.8 Å². The van der Waals surface area contributed by atoms with Gasteiger partial charge in [-0.3, -0.25) is 10.1 Å². The zero-order chi connectivity index (χ0) is 14.8. The molecule has 0 radical (unpaired) electrons. The molecule has 6 heteroatoms. The Balaban J connectivity index is 1.84. The predicted molar refractivity (Wildman–Crippen MR) is 81.7 cm³/mol. The molecule has 6 nitrogen and oxygen atoms in total. The van der Waals surface area contributed by atoms with Crippen molar-refractivity contribution in [2.24, 2.45) is 0 Å². The monoisotopic (exact) mass is 284 g/mol. The Morgan fingerprint density at radius 3 is 2.43 bits per heavy atom. The van der Waals surface area contributed by atoms with Crippen LogP contribution in [0.5, 0.6) is 0 Å². The number of benzene rings is 1. The summed E-state index contributed by atoms with van der Waals surface area (Å²) in [6.45, 7) is 0. The first-order chi connectivity index (χ1) is 10.2. The molecule has 3 rings (SSSR count). The molecule has 1 aromatic heterocycles. The largest absolute Gasteiger partial charge is 0.373 e. The Morgan fingerprint density at radius 2 is 1.86 bits per heavy atom. The molecular formula is C15H16N4O2. The molecule has 0 spiro atoms. The fraction of sp³-hybridized carbons (Fsp3) is 0.267. The second kappa shape index (κ2) is 5.40. The molecule has 108 valence electrons. The van der Waals surface area contributed by atoms with E-state index in [1.807, 2.05) is 12.1 Å². The topological polar surface area (TPSA) is 80.1 Å². The van der Waals surface area contributed by atoms with Gasteiger partial charge in [-0.15, -0.1) is 0 Å². The van der Waals surface area contributed by atoms with E-state index in [-0.39, 0.29) is 11.7 Å². The van der Waals surface area contributed by atoms with Crippen LogP contribution in [0.2, 0.25) is 0 Å². The minimum absolute atomic E-state index is 0.00459. The van der Waals surface area contributed by atoms with E-state index in [0.29, 0.717) is 11.6 Å². The molecule has 1 heterocycles. The Kier molecular flexibility index (Phi) is 3.43. The number of hydrogen-bond donors (Lipinski definition) is 2. The summed E-state index contributed by atoms with van der Waals surface area (Å²) in [7, 11) is 1.74. The quantitative estimate of drug-likeness (QED) is 0.666. The molecule has 0 fully saturated rings. The van der Waals surface area contributed by atoms with Crippen LogP contribution in [0, 0.1) is 10.1 Å². The summed E-state index contributed by atoms with van der Waals surface area (Å²) in [6, 6.07) is 11.5. The summed E-state index contributed by atoms with van der Waals surface area (Å²) < 4.78 is 0. The number of fused-ring (bicyclic) bond motifs is 1. The number of aromatic nitrogens is 1. The Hall–Kier alpha value is -2.63. The van der Waals surface area contributed by atoms with Gasteiger partial charge in [0.15, 0.2) is 0 Å². The van der Waals surface area contributed by atoms with E-state index in [9.17, 15) is 10.1 Å². The predicted octanol–water partition coefficient (Wildman–Crippen LogP) is 2.61. The van der Waals surface area contributed by atoms with Crippen LogP contribution in [0.4, 0.5) is 17.3 Å². The lowest BCUT2D eigenvalue weighted by molar-refractivity contribution is -0.384. The minimum atomic E-state index is -0.406. The molecule has 0 saturated heterocycles. The van der Waals surface area contributed by atoms with Crippen molar-refractivity contribution in [3.05, 3.63) is 57.6 Å². The van der Waals surface area contributed by atoms with Gasteiger partial charge in [0.2, 0.25) is 5.82 Å². The van der Waals surface area contributed by atoms with Gasteiger partial charge in [0.05, 0.1) is 4.92 Å². The second-order valence-electron chi connectivity index (χ2n) is 5.09. The molecule has 2 N–H and O–H groups in total. The van der Waals surface area contributed by atoms with Crippen LogP contribution in [0.15, 0.2) is 36.4 Å². The van der Waals surface area contributed by atoms with E-state index < -0.39 is 4.92 Å². The Morgan fingerprint density at radius 1 is 1.19 bits per heavy atom. The van der Waals surface area contributed by atoms with Crippen molar-refractivity contribution in [1.82, 2.24) is 4.98 Å². The minimum Gasteiger partial charge on any atom is -0.373 e. The molecular weight excluding hydrogens is 268 g/mol. The highest BCUT2D eigenvalue weighted by Crippen LogP contribution is 2.28. The summed E-state index contributed by atoms with van der Waals surface area (Å²) in [5, 5.41) is 17.2. The van der Waals surface area contributed by atoms with Gasteiger partial charge < -0.3 is 10.6 Å². The lowest BCUT2D eigenvalue weighted by Gasteiger charge is -2.13. The van der Waals surface area contributed by atoms with E-state index in [4.69, 9.17) is 0 Å². The number of anilines is 2. The third-order valence-electron chi connectivity index (χ3n) is 3.72. The van der Waals surface area contributed by atoms with Crippen molar-refractivity contribution in [2.45, 2.75) is 18.9 Å². The second-order valence-corrected chi connectivity index (χ2v) is 5.09. The highest BCUT2D eigenvalue weighted by molar-refractivity contribution is 5.61. The maximum Gasteiger partial charge on any atom is 0.311 e. The molecule has 0 amide bonds. The van der Waals surface area contributed by atoms with Crippen molar-refractivity contribution in [3.8, 4) is 0 Å². The Bertz CT molecular complexity index is 662. The van der Waals surface area contributed by atoms with Gasteiger partial charge in [-0.25, -0.2) is 4.98 Å². The zero-order valence-electron chi connectivity index (χ0n) is 11.7. The lowest BCUT2D eigenvalue weighted by Crippen LogP contribution is -2.21. The maximum atomic E-state index is 11.1. The summed E-state index contributed by atoms with van der Waals surface area (Å²) in [4.78, 5) is 15.0. The first-order valence-corrected chi connectivity index (χ1v) is 6.84. The number of pyridine rings is 1. The molecule has 0 atom stereocenters. The van der Waals surface area contributed by atoms with Crippen molar-refractivity contribution in [1.29, 1.82) is 0 Å². The van der Waals surface area contributed by atoms with Crippen molar-refractivity contribution < 1.29 is 4.92 Å². The summed E-state index contributed by atoms with van der Waals surface area (Å²) >= 11 is 0. The van der Waals surface area contributed by atoms with Crippen molar-refractivity contribution in [2.75, 3.05) is 17.7 Å². The SMILES string of the molecule is CNc1ccc([N+](=O)[O-])c(NC2Cc3ccccc3C2)n1. The van der Waals surface area contributed by atoms with Crippen molar-refractivity contribution >= 4 is 17.3 Å². The smallest absolute Gasteiger partial charge is 0.311 e. The number of nitrogens with one attached hydrogen (secondary N) is 2. The average molecular weight is 284 g/mol. The van der Waals surface area contributed by atoms with Gasteiger partial charge in [-0.05, 0) is 30.0 Å². The summed E-state index contributed by atoms with van der Waals surface area (Å²) in [6.07, 6.45) is 1.72. The number of nitrogens with zero attached hydrogens (tertiary/aromatic N) is 2. The first kappa shape index (κ1) is 13.4. The number of nitro groups is 1. The normalized spacial score (nSPS) is 13.8. The van der Waals surface area contributed by atoms with Gasteiger partial charge in [-0.1, -0.05) is 24.3 Å². The van der Waals surface area contributed by atoms with E-state index in [1.54, 1.807) is 13.1 Å². The van der Waals surface area contributed by atoms with E-state index in [0.717, 1.165) is 12.8 Å². The molecule has 2 aromatic rings. The summed E-state index contributed by atoms with van der Waals surface area (Å²) in [5.41, 5.74) is 2.59. The van der Waals surface area contributed by atoms with Gasteiger partial charge in [0.1, 0.15) is 5.82 Å². The van der Waals surface area contributed by atoms with Gasteiger partial charge in [-0.2, -0.15) is 0 Å². The van der Waals surface area contributed by atoms with Crippen LogP contribution >= 0.6 is 0 Å². The van der Waals surface area contributed by atoms with Crippen LogP contribution in [0.3, 0.4) is 0 Å². The number of rotatable bonds is 4. The van der Waals surface area contributed by atoms with E-state index in [1.165, 1.54) is 17.2 Å². The first-order valence-electron chi connectivity index (χ1n) is 6.84. The van der Waals surface area contributed by atoms with E-state index in [2.05, 4.69) is 27.8 Å². The van der Waals surface area contributed by atoms with Gasteiger partial charge in [0.25, 0.3) is 0 Å². The molecule has 21 heavy (non-hydrogen) atoms. The molecule has 1 aliphatic rings. The van der Waals surface area contributed by atoms with Crippen LogP contribution in [-0.4, -0.2) is 23.0 Å². The third-order valence-corrected chi connectivity index (χ3v) is 3.72. The van der Waals surface area contributed by atoms with Gasteiger partial charge >= 0.3 is 5.69 Å². The van der Waals surface area contributed by atoms with E-state index >= 15 is 0 Å². The highest BCUT2D eigenvalue weighted by Gasteiger charge is 2.24. The van der Waals surface area contributed by atoms with Crippen molar-refractivity contribution in [3.63, 3.8) is 0 Å². The van der Waals surface area contributed by atoms with Crippen LogP contribution < -0.4 is 10.6 Å². The molecule has 1 aromatic carbocycles. The maximum absolute atomic E-state index is 11.1. The van der Waals surface area contributed by atoms with Crippen LogP contribution in [0.25, 0.3) is 0 Å². The molecule has 0 saturated carbocycles. The molecule has 1 aliphatic carbocycles. The lowest BCUT2D eigenvalue weighted by atomic mass is 10.1. The third kappa shape index (κ3) is 2.65. The average Bonchev–Trinajstić information content (AvgIpc) is 2.89. The molecule has 0 unspecified atom stereocenters. The highest BCUT2D eigenvalue weighted by atomic mass is 16.6. The standard InChI is InChI=1S/C15H16N4O2/c1-16-14-7-6-13(19(20)21)15(18-14)17-12-8-10-4-2-3-5-11(10)9-12/h2-7,12H,8-9H2,1H3,(H2,16,17,18). The summed E-state index contributed by atoms with van der Waals surface area (Å²) in [5.74, 6) is 0.934. The molecule has 0 bridgehead atoms. The molecule has 0 aliphatic heterocycles.